The van der Waals surface area contributed by atoms with E-state index in [4.69, 9.17) is 4.74 Å². The standard InChI is InChI=1S/C17H23N3O2/c1-22-15-6-2-4-13(10-15)17(21)12-20-9-3-5-14(11-20)16-7-8-18-19-16/h2,4,6-8,10,14,17,21H,3,5,9,11-12H2,1H3,(H,18,19)/t14-,17-/m0/s1. The second kappa shape index (κ2) is 6.94. The molecule has 1 aliphatic heterocycles. The summed E-state index contributed by atoms with van der Waals surface area (Å²) in [6, 6.07) is 9.71. The number of aromatic amines is 1. The fourth-order valence-electron chi connectivity index (χ4n) is 3.17. The number of β-amino-alcohol motifs (C(OH)–C–C–N with tert-alkyl or cyclic N) is 1. The molecule has 2 N–H and O–H groups in total. The zero-order chi connectivity index (χ0) is 15.4. The SMILES string of the molecule is COc1cccc([C@@H](O)CN2CCC[C@H](c3ccn[nH]3)C2)c1. The number of aliphatic hydroxyl groups excluding tert-OH is 1. The molecular formula is C17H23N3O2. The van der Waals surface area contributed by atoms with Crippen LogP contribution in [0.2, 0.25) is 0 Å². The highest BCUT2D eigenvalue weighted by atomic mass is 16.5. The molecule has 0 spiro atoms. The minimum atomic E-state index is -0.490. The Morgan fingerprint density at radius 2 is 2.36 bits per heavy atom. The van der Waals surface area contributed by atoms with Crippen LogP contribution in [0.15, 0.2) is 36.5 Å². The quantitative estimate of drug-likeness (QED) is 0.890. The fourth-order valence-corrected chi connectivity index (χ4v) is 3.17. The van der Waals surface area contributed by atoms with Crippen molar-refractivity contribution < 1.29 is 9.84 Å². The van der Waals surface area contributed by atoms with Gasteiger partial charge < -0.3 is 9.84 Å². The summed E-state index contributed by atoms with van der Waals surface area (Å²) in [4.78, 5) is 2.33. The maximum atomic E-state index is 10.5. The third-order valence-corrected chi connectivity index (χ3v) is 4.38. The van der Waals surface area contributed by atoms with Crippen molar-refractivity contribution in [2.24, 2.45) is 0 Å². The van der Waals surface area contributed by atoms with Gasteiger partial charge in [-0.05, 0) is 43.1 Å². The number of nitrogens with one attached hydrogen (secondary N) is 1. The average molecular weight is 301 g/mol. The molecule has 1 aromatic carbocycles. The minimum Gasteiger partial charge on any atom is -0.497 e. The smallest absolute Gasteiger partial charge is 0.119 e. The molecule has 5 heteroatoms. The third kappa shape index (κ3) is 3.48. The Balaban J connectivity index is 1.62. The van der Waals surface area contributed by atoms with Crippen LogP contribution in [0.3, 0.4) is 0 Å². The van der Waals surface area contributed by atoms with Gasteiger partial charge in [-0.1, -0.05) is 12.1 Å². The van der Waals surface area contributed by atoms with Gasteiger partial charge in [-0.2, -0.15) is 5.10 Å². The number of likely N-dealkylation sites (tertiary alicyclic amines) is 1. The normalized spacial score (nSPS) is 20.7. The Morgan fingerprint density at radius 1 is 1.45 bits per heavy atom. The van der Waals surface area contributed by atoms with Gasteiger partial charge in [-0.15, -0.1) is 0 Å². The lowest BCUT2D eigenvalue weighted by Gasteiger charge is -2.33. The van der Waals surface area contributed by atoms with E-state index in [0.717, 1.165) is 30.8 Å². The Labute approximate surface area is 130 Å². The number of nitrogens with zero attached hydrogens (tertiary/aromatic N) is 2. The molecule has 1 fully saturated rings. The number of methoxy groups -OCH3 is 1. The molecule has 3 rings (SSSR count). The van der Waals surface area contributed by atoms with Crippen LogP contribution in [0.1, 0.15) is 36.1 Å². The molecule has 0 saturated carbocycles. The van der Waals surface area contributed by atoms with Gasteiger partial charge in [-0.25, -0.2) is 0 Å². The van der Waals surface area contributed by atoms with Crippen LogP contribution < -0.4 is 4.74 Å². The van der Waals surface area contributed by atoms with Crippen molar-refractivity contribution >= 4 is 0 Å². The number of benzene rings is 1. The summed E-state index contributed by atoms with van der Waals surface area (Å²) in [5.41, 5.74) is 2.10. The van der Waals surface area contributed by atoms with Gasteiger partial charge in [0.2, 0.25) is 0 Å². The first-order valence-electron chi connectivity index (χ1n) is 7.80. The molecule has 1 saturated heterocycles. The number of rotatable bonds is 5. The molecule has 2 aromatic rings. The van der Waals surface area contributed by atoms with E-state index < -0.39 is 6.10 Å². The van der Waals surface area contributed by atoms with Crippen molar-refractivity contribution in [3.8, 4) is 5.75 Å². The maximum Gasteiger partial charge on any atom is 0.119 e. The van der Waals surface area contributed by atoms with Crippen LogP contribution in [0, 0.1) is 0 Å². The number of aliphatic hydroxyl groups is 1. The van der Waals surface area contributed by atoms with Crippen molar-refractivity contribution in [1.82, 2.24) is 15.1 Å². The minimum absolute atomic E-state index is 0.480. The van der Waals surface area contributed by atoms with Gasteiger partial charge in [0.25, 0.3) is 0 Å². The highest BCUT2D eigenvalue weighted by molar-refractivity contribution is 5.30. The fraction of sp³-hybridized carbons (Fsp3) is 0.471. The number of H-pyrrole nitrogens is 1. The number of aromatic nitrogens is 2. The highest BCUT2D eigenvalue weighted by Gasteiger charge is 2.24. The number of hydrogen-bond acceptors (Lipinski definition) is 4. The summed E-state index contributed by atoms with van der Waals surface area (Å²) in [5, 5.41) is 17.6. The van der Waals surface area contributed by atoms with Crippen LogP contribution >= 0.6 is 0 Å². The second-order valence-electron chi connectivity index (χ2n) is 5.90. The molecule has 1 aliphatic rings. The zero-order valence-corrected chi connectivity index (χ0v) is 12.9. The van der Waals surface area contributed by atoms with Crippen LogP contribution in [0.5, 0.6) is 5.75 Å². The highest BCUT2D eigenvalue weighted by Crippen LogP contribution is 2.27. The van der Waals surface area contributed by atoms with Gasteiger partial charge in [0, 0.05) is 30.9 Å². The molecular weight excluding hydrogens is 278 g/mol. The molecule has 2 heterocycles. The summed E-state index contributed by atoms with van der Waals surface area (Å²) in [5.74, 6) is 1.26. The summed E-state index contributed by atoms with van der Waals surface area (Å²) in [6.07, 6.45) is 3.64. The summed E-state index contributed by atoms with van der Waals surface area (Å²) in [7, 11) is 1.64. The molecule has 5 nitrogen and oxygen atoms in total. The largest absolute Gasteiger partial charge is 0.497 e. The molecule has 0 bridgehead atoms. The zero-order valence-electron chi connectivity index (χ0n) is 12.9. The topological polar surface area (TPSA) is 61.4 Å². The number of ether oxygens (including phenoxy) is 1. The van der Waals surface area contributed by atoms with Gasteiger partial charge >= 0.3 is 0 Å². The lowest BCUT2D eigenvalue weighted by atomic mass is 9.94. The number of hydrogen-bond donors (Lipinski definition) is 2. The molecule has 118 valence electrons. The van der Waals surface area contributed by atoms with E-state index in [2.05, 4.69) is 15.1 Å². The van der Waals surface area contributed by atoms with Crippen molar-refractivity contribution in [3.05, 3.63) is 47.8 Å². The van der Waals surface area contributed by atoms with Crippen LogP contribution in [-0.4, -0.2) is 46.9 Å². The first kappa shape index (κ1) is 15.1. The molecule has 0 aliphatic carbocycles. The summed E-state index contributed by atoms with van der Waals surface area (Å²) < 4.78 is 5.23. The molecule has 0 amide bonds. The Morgan fingerprint density at radius 3 is 3.14 bits per heavy atom. The molecule has 1 aromatic heterocycles. The summed E-state index contributed by atoms with van der Waals surface area (Å²) >= 11 is 0. The van der Waals surface area contributed by atoms with Gasteiger partial charge in [0.15, 0.2) is 0 Å². The first-order valence-corrected chi connectivity index (χ1v) is 7.80. The Bertz CT molecular complexity index is 585. The van der Waals surface area contributed by atoms with Gasteiger partial charge in [0.1, 0.15) is 5.75 Å². The van der Waals surface area contributed by atoms with E-state index in [1.54, 1.807) is 13.3 Å². The second-order valence-corrected chi connectivity index (χ2v) is 5.90. The molecule has 22 heavy (non-hydrogen) atoms. The van der Waals surface area contributed by atoms with Crippen LogP contribution in [0.25, 0.3) is 0 Å². The monoisotopic (exact) mass is 301 g/mol. The molecule has 0 unspecified atom stereocenters. The van der Waals surface area contributed by atoms with E-state index in [9.17, 15) is 5.11 Å². The van der Waals surface area contributed by atoms with E-state index >= 15 is 0 Å². The Hall–Kier alpha value is -1.85. The predicted octanol–water partition coefficient (Wildman–Crippen LogP) is 2.33. The molecule has 2 atom stereocenters. The van der Waals surface area contributed by atoms with E-state index in [1.807, 2.05) is 30.3 Å². The van der Waals surface area contributed by atoms with Gasteiger partial charge in [0.05, 0.1) is 13.2 Å². The van der Waals surface area contributed by atoms with E-state index in [1.165, 1.54) is 12.1 Å². The molecule has 0 radical (unpaired) electrons. The lowest BCUT2D eigenvalue weighted by molar-refractivity contribution is 0.0948. The van der Waals surface area contributed by atoms with Crippen molar-refractivity contribution in [2.45, 2.75) is 24.9 Å². The summed E-state index contributed by atoms with van der Waals surface area (Å²) in [6.45, 7) is 2.65. The van der Waals surface area contributed by atoms with Gasteiger partial charge in [-0.3, -0.25) is 10.00 Å². The third-order valence-electron chi connectivity index (χ3n) is 4.38. The van der Waals surface area contributed by atoms with E-state index in [-0.39, 0.29) is 0 Å². The van der Waals surface area contributed by atoms with Crippen molar-refractivity contribution in [1.29, 1.82) is 0 Å². The average Bonchev–Trinajstić information content (AvgIpc) is 3.10. The Kier molecular flexibility index (Phi) is 4.75. The number of piperidine rings is 1. The maximum absolute atomic E-state index is 10.5. The van der Waals surface area contributed by atoms with Crippen LogP contribution in [-0.2, 0) is 0 Å². The van der Waals surface area contributed by atoms with Crippen molar-refractivity contribution in [3.63, 3.8) is 0 Å². The first-order chi connectivity index (χ1) is 10.8. The lowest BCUT2D eigenvalue weighted by Crippen LogP contribution is -2.37. The van der Waals surface area contributed by atoms with Crippen molar-refractivity contribution in [2.75, 3.05) is 26.7 Å². The predicted molar refractivity (Wildman–Crippen MR) is 85.0 cm³/mol. The van der Waals surface area contributed by atoms with E-state index in [0.29, 0.717) is 12.5 Å². The van der Waals surface area contributed by atoms with Crippen LogP contribution in [0.4, 0.5) is 0 Å².